The smallest absolute Gasteiger partial charge is 0.299 e. The van der Waals surface area contributed by atoms with E-state index in [0.29, 0.717) is 33.6 Å². The lowest BCUT2D eigenvalue weighted by molar-refractivity contribution is -0.129. The van der Waals surface area contributed by atoms with E-state index in [2.05, 4.69) is 27.0 Å². The van der Waals surface area contributed by atoms with Crippen LogP contribution in [-0.4, -0.2) is 68.0 Å². The van der Waals surface area contributed by atoms with E-state index in [-0.39, 0.29) is 11.0 Å². The summed E-state index contributed by atoms with van der Waals surface area (Å²) in [6.45, 7) is 4.57. The van der Waals surface area contributed by atoms with Crippen molar-refractivity contribution in [2.45, 2.75) is 57.9 Å². The molecule has 4 heterocycles. The number of hydrogen-bond acceptors (Lipinski definition) is 6. The number of nitrogens with zero attached hydrogens (tertiary/aromatic N) is 6. The van der Waals surface area contributed by atoms with Crippen molar-refractivity contribution in [3.63, 3.8) is 0 Å². The van der Waals surface area contributed by atoms with E-state index in [9.17, 15) is 9.59 Å². The standard InChI is InChI=1S/C30H36ClN7O2/c1-21(39)30(13-4-3-5-14-30)15-17-35(2)25-12-16-36(19-25)27-11-10-24(18-32-27)38-29(40)28-26(33-38)20-37(34-28)23-8-6-22(31)7-9-23/h6-11,18,20,25,33H,3-5,12-17,19H2,1-2H3. The second-order valence-corrected chi connectivity index (χ2v) is 11.9. The molecule has 0 amide bonds. The first-order chi connectivity index (χ1) is 19.3. The Morgan fingerprint density at radius 3 is 2.55 bits per heavy atom. The van der Waals surface area contributed by atoms with Crippen molar-refractivity contribution in [3.8, 4) is 11.4 Å². The molecule has 3 aromatic heterocycles. The first kappa shape index (κ1) is 26.8. The Kier molecular flexibility index (Phi) is 7.27. The monoisotopic (exact) mass is 561 g/mol. The summed E-state index contributed by atoms with van der Waals surface area (Å²) >= 11 is 5.99. The highest BCUT2D eigenvalue weighted by Gasteiger charge is 2.37. The maximum atomic E-state index is 13.1. The molecule has 210 valence electrons. The quantitative estimate of drug-likeness (QED) is 0.326. The van der Waals surface area contributed by atoms with Crippen LogP contribution < -0.4 is 10.5 Å². The van der Waals surface area contributed by atoms with Gasteiger partial charge in [0.1, 0.15) is 17.1 Å². The molecule has 4 aromatic rings. The van der Waals surface area contributed by atoms with E-state index in [1.54, 1.807) is 36.1 Å². The van der Waals surface area contributed by atoms with Crippen molar-refractivity contribution in [2.75, 3.05) is 31.6 Å². The molecule has 0 bridgehead atoms. The van der Waals surface area contributed by atoms with Gasteiger partial charge in [0.15, 0.2) is 5.52 Å². The fourth-order valence-corrected chi connectivity index (χ4v) is 6.51. The molecule has 1 aliphatic heterocycles. The van der Waals surface area contributed by atoms with Crippen LogP contribution in [0.4, 0.5) is 5.82 Å². The fraction of sp³-hybridized carbons (Fsp3) is 0.467. The Labute approximate surface area is 238 Å². The minimum Gasteiger partial charge on any atom is -0.355 e. The van der Waals surface area contributed by atoms with E-state index in [1.165, 1.54) is 23.9 Å². The number of benzene rings is 1. The van der Waals surface area contributed by atoms with Crippen LogP contribution in [0, 0.1) is 5.41 Å². The number of Topliss-reactive ketones (excluding diaryl/α,β-unsaturated/α-hetero) is 1. The average Bonchev–Trinajstić information content (AvgIpc) is 3.70. The zero-order chi connectivity index (χ0) is 27.9. The lowest BCUT2D eigenvalue weighted by atomic mass is 9.69. The lowest BCUT2D eigenvalue weighted by Crippen LogP contribution is -2.40. The molecule has 1 N–H and O–H groups in total. The summed E-state index contributed by atoms with van der Waals surface area (Å²) in [5.41, 5.74) is 2.17. The van der Waals surface area contributed by atoms with Crippen LogP contribution in [0.5, 0.6) is 0 Å². The maximum absolute atomic E-state index is 13.1. The van der Waals surface area contributed by atoms with Crippen LogP contribution in [0.1, 0.15) is 51.9 Å². The molecule has 10 heteroatoms. The van der Waals surface area contributed by atoms with Gasteiger partial charge in [-0.3, -0.25) is 14.7 Å². The predicted octanol–water partition coefficient (Wildman–Crippen LogP) is 4.99. The Balaban J connectivity index is 1.10. The van der Waals surface area contributed by atoms with Gasteiger partial charge in [0, 0.05) is 29.6 Å². The first-order valence-electron chi connectivity index (χ1n) is 14.2. The Morgan fingerprint density at radius 1 is 1.12 bits per heavy atom. The minimum atomic E-state index is -0.221. The molecular weight excluding hydrogens is 526 g/mol. The second kappa shape index (κ2) is 10.9. The normalized spacial score (nSPS) is 19.1. The Hall–Kier alpha value is -3.43. The van der Waals surface area contributed by atoms with Gasteiger partial charge in [-0.15, -0.1) is 0 Å². The number of carbonyl (C=O) groups is 1. The highest BCUT2D eigenvalue weighted by Crippen LogP contribution is 2.40. The summed E-state index contributed by atoms with van der Waals surface area (Å²) < 4.78 is 3.15. The number of pyridine rings is 1. The van der Waals surface area contributed by atoms with Crippen LogP contribution in [-0.2, 0) is 4.79 Å². The van der Waals surface area contributed by atoms with Crippen LogP contribution in [0.2, 0.25) is 5.02 Å². The van der Waals surface area contributed by atoms with Crippen molar-refractivity contribution < 1.29 is 4.79 Å². The van der Waals surface area contributed by atoms with Crippen LogP contribution in [0.3, 0.4) is 0 Å². The summed E-state index contributed by atoms with van der Waals surface area (Å²) in [5.74, 6) is 1.28. The molecule has 2 aliphatic rings. The number of halogens is 1. The van der Waals surface area contributed by atoms with E-state index >= 15 is 0 Å². The average molecular weight is 562 g/mol. The first-order valence-corrected chi connectivity index (χ1v) is 14.6. The van der Waals surface area contributed by atoms with E-state index in [1.807, 2.05) is 24.3 Å². The maximum Gasteiger partial charge on any atom is 0.299 e. The second-order valence-electron chi connectivity index (χ2n) is 11.5. The SMILES string of the molecule is CC(=O)C1(CCN(C)C2CCN(c3ccc(-n4[nH]c5cn(-c6ccc(Cl)cc6)nc5c4=O)cn3)C2)CCCCC1. The van der Waals surface area contributed by atoms with Gasteiger partial charge in [0.25, 0.3) is 5.56 Å². The highest BCUT2D eigenvalue weighted by molar-refractivity contribution is 6.30. The number of ketones is 1. The number of anilines is 1. The Morgan fingerprint density at radius 2 is 1.88 bits per heavy atom. The summed E-state index contributed by atoms with van der Waals surface area (Å²) in [4.78, 5) is 35.0. The predicted molar refractivity (Wildman–Crippen MR) is 158 cm³/mol. The molecule has 1 saturated heterocycles. The van der Waals surface area contributed by atoms with E-state index < -0.39 is 0 Å². The molecule has 0 spiro atoms. The topological polar surface area (TPSA) is 92.0 Å². The molecule has 9 nitrogen and oxygen atoms in total. The zero-order valence-electron chi connectivity index (χ0n) is 23.1. The number of aromatic amines is 1. The third kappa shape index (κ3) is 5.08. The molecule has 40 heavy (non-hydrogen) atoms. The molecular formula is C30H36ClN7O2. The van der Waals surface area contributed by atoms with Crippen molar-refractivity contribution in [1.82, 2.24) is 29.4 Å². The number of carbonyl (C=O) groups excluding carboxylic acids is 1. The largest absolute Gasteiger partial charge is 0.355 e. The Bertz CT molecular complexity index is 1550. The van der Waals surface area contributed by atoms with E-state index in [0.717, 1.165) is 56.8 Å². The van der Waals surface area contributed by atoms with Gasteiger partial charge in [-0.05, 0) is 82.6 Å². The molecule has 1 aliphatic carbocycles. The third-order valence-corrected chi connectivity index (χ3v) is 9.30. The third-order valence-electron chi connectivity index (χ3n) is 9.05. The number of H-pyrrole nitrogens is 1. The van der Waals surface area contributed by atoms with Crippen LogP contribution >= 0.6 is 11.6 Å². The molecule has 0 radical (unpaired) electrons. The van der Waals surface area contributed by atoms with Gasteiger partial charge >= 0.3 is 0 Å². The van der Waals surface area contributed by atoms with Crippen LogP contribution in [0.15, 0.2) is 53.6 Å². The molecule has 6 rings (SSSR count). The summed E-state index contributed by atoms with van der Waals surface area (Å²) in [6.07, 6.45) is 11.2. The number of nitrogens with one attached hydrogen (secondary N) is 1. The van der Waals surface area contributed by atoms with Crippen molar-refractivity contribution in [3.05, 3.63) is 64.2 Å². The van der Waals surface area contributed by atoms with Gasteiger partial charge < -0.3 is 9.80 Å². The fourth-order valence-electron chi connectivity index (χ4n) is 6.39. The van der Waals surface area contributed by atoms with Gasteiger partial charge in [-0.25, -0.2) is 14.3 Å². The minimum absolute atomic E-state index is 0.114. The summed E-state index contributed by atoms with van der Waals surface area (Å²) in [6, 6.07) is 11.6. The van der Waals surface area contributed by atoms with Gasteiger partial charge in [0.2, 0.25) is 0 Å². The summed E-state index contributed by atoms with van der Waals surface area (Å²) in [5, 5.41) is 8.28. The van der Waals surface area contributed by atoms with Gasteiger partial charge in [-0.1, -0.05) is 30.9 Å². The zero-order valence-corrected chi connectivity index (χ0v) is 23.9. The van der Waals surface area contributed by atoms with Gasteiger partial charge in [0.05, 0.1) is 23.8 Å². The number of hydrogen-bond donors (Lipinski definition) is 1. The molecule has 1 aromatic carbocycles. The van der Waals surface area contributed by atoms with Crippen molar-refractivity contribution in [1.29, 1.82) is 0 Å². The molecule has 2 fully saturated rings. The highest BCUT2D eigenvalue weighted by atomic mass is 35.5. The molecule has 1 saturated carbocycles. The van der Waals surface area contributed by atoms with E-state index in [4.69, 9.17) is 16.6 Å². The van der Waals surface area contributed by atoms with Gasteiger partial charge in [-0.2, -0.15) is 5.10 Å². The van der Waals surface area contributed by atoms with Crippen LogP contribution in [0.25, 0.3) is 22.4 Å². The number of likely N-dealkylation sites (N-methyl/N-ethyl adjacent to an activating group) is 1. The molecule has 1 unspecified atom stereocenters. The lowest BCUT2D eigenvalue weighted by Gasteiger charge is -2.37. The van der Waals surface area contributed by atoms with Crippen molar-refractivity contribution >= 4 is 34.2 Å². The number of aromatic nitrogens is 5. The number of rotatable bonds is 8. The molecule has 1 atom stereocenters. The summed E-state index contributed by atoms with van der Waals surface area (Å²) in [7, 11) is 2.19. The van der Waals surface area contributed by atoms with Crippen molar-refractivity contribution in [2.24, 2.45) is 5.41 Å². The number of fused-ring (bicyclic) bond motifs is 1.